The van der Waals surface area contributed by atoms with Crippen LogP contribution in [0.1, 0.15) is 18.4 Å². The summed E-state index contributed by atoms with van der Waals surface area (Å²) in [7, 11) is 2.01. The van der Waals surface area contributed by atoms with E-state index in [0.717, 1.165) is 39.3 Å². The van der Waals surface area contributed by atoms with E-state index >= 15 is 0 Å². The van der Waals surface area contributed by atoms with Gasteiger partial charge in [0.2, 0.25) is 5.91 Å². The number of likely N-dealkylation sites (tertiary alicyclic amines) is 1. The van der Waals surface area contributed by atoms with Crippen molar-refractivity contribution in [2.75, 3.05) is 57.8 Å². The van der Waals surface area contributed by atoms with Crippen LogP contribution in [-0.2, 0) is 4.79 Å². The summed E-state index contributed by atoms with van der Waals surface area (Å²) >= 11 is 0. The third-order valence-electron chi connectivity index (χ3n) is 5.27. The topological polar surface area (TPSA) is 38.8 Å². The van der Waals surface area contributed by atoms with Gasteiger partial charge >= 0.3 is 0 Å². The second-order valence-electron chi connectivity index (χ2n) is 7.07. The molecule has 2 saturated heterocycles. The molecule has 2 aliphatic heterocycles. The molecule has 1 aromatic rings. The van der Waals surface area contributed by atoms with Crippen molar-refractivity contribution in [2.45, 2.75) is 25.8 Å². The highest BCUT2D eigenvalue weighted by atomic mass is 35.5. The molecule has 3 rings (SSSR count). The zero-order valence-electron chi connectivity index (χ0n) is 15.8. The summed E-state index contributed by atoms with van der Waals surface area (Å²) in [6.07, 6.45) is 2.40. The summed E-state index contributed by atoms with van der Waals surface area (Å²) in [4.78, 5) is 19.3. The normalized spacial score (nSPS) is 20.9. The van der Waals surface area contributed by atoms with E-state index < -0.39 is 0 Å². The van der Waals surface area contributed by atoms with Gasteiger partial charge in [-0.15, -0.1) is 24.8 Å². The Labute approximate surface area is 169 Å². The molecule has 1 atom stereocenters. The fraction of sp³-hybridized carbons (Fsp3) is 0.632. The lowest BCUT2D eigenvalue weighted by atomic mass is 10.1. The number of carbonyl (C=O) groups excluding carboxylic acids is 1. The van der Waals surface area contributed by atoms with Gasteiger partial charge in [0.25, 0.3) is 0 Å². The van der Waals surface area contributed by atoms with E-state index in [1.54, 1.807) is 0 Å². The van der Waals surface area contributed by atoms with Crippen LogP contribution < -0.4 is 10.2 Å². The first-order chi connectivity index (χ1) is 11.7. The van der Waals surface area contributed by atoms with Crippen molar-refractivity contribution in [2.24, 2.45) is 0 Å². The van der Waals surface area contributed by atoms with Gasteiger partial charge in [0.1, 0.15) is 0 Å². The maximum absolute atomic E-state index is 12.6. The fourth-order valence-electron chi connectivity index (χ4n) is 3.76. The summed E-state index contributed by atoms with van der Waals surface area (Å²) < 4.78 is 0. The number of amides is 1. The molecule has 1 N–H and O–H groups in total. The highest BCUT2D eigenvalue weighted by Gasteiger charge is 2.25. The molecular formula is C19H32Cl2N4O. The van der Waals surface area contributed by atoms with Crippen molar-refractivity contribution in [3.8, 4) is 0 Å². The molecule has 2 heterocycles. The van der Waals surface area contributed by atoms with Crippen LogP contribution in [-0.4, -0.2) is 74.6 Å². The smallest absolute Gasteiger partial charge is 0.236 e. The fourth-order valence-corrected chi connectivity index (χ4v) is 3.76. The van der Waals surface area contributed by atoms with Gasteiger partial charge in [-0.1, -0.05) is 12.1 Å². The Hall–Kier alpha value is -1.01. The number of hydrogen-bond donors (Lipinski definition) is 1. The van der Waals surface area contributed by atoms with Gasteiger partial charge in [-0.25, -0.2) is 0 Å². The molecule has 0 spiro atoms. The van der Waals surface area contributed by atoms with Crippen LogP contribution in [0, 0.1) is 6.92 Å². The predicted octanol–water partition coefficient (Wildman–Crippen LogP) is 2.17. The lowest BCUT2D eigenvalue weighted by Crippen LogP contribution is -2.53. The molecular weight excluding hydrogens is 371 g/mol. The number of carbonyl (C=O) groups is 1. The molecule has 2 aliphatic rings. The number of likely N-dealkylation sites (N-methyl/N-ethyl adjacent to an activating group) is 1. The predicted molar refractivity (Wildman–Crippen MR) is 113 cm³/mol. The van der Waals surface area contributed by atoms with Gasteiger partial charge in [-0.05, 0) is 51.1 Å². The van der Waals surface area contributed by atoms with Crippen LogP contribution in [0.5, 0.6) is 0 Å². The Kier molecular flexibility index (Phi) is 9.72. The number of nitrogens with zero attached hydrogens (tertiary/aromatic N) is 3. The summed E-state index contributed by atoms with van der Waals surface area (Å²) in [6, 6.07) is 9.15. The monoisotopic (exact) mass is 402 g/mol. The first-order valence-electron chi connectivity index (χ1n) is 9.15. The van der Waals surface area contributed by atoms with Crippen molar-refractivity contribution in [1.29, 1.82) is 0 Å². The van der Waals surface area contributed by atoms with E-state index in [-0.39, 0.29) is 30.7 Å². The number of nitrogens with one attached hydrogen (secondary N) is 1. The van der Waals surface area contributed by atoms with Crippen molar-refractivity contribution in [3.63, 3.8) is 0 Å². The van der Waals surface area contributed by atoms with Crippen LogP contribution in [0.15, 0.2) is 24.3 Å². The van der Waals surface area contributed by atoms with Crippen molar-refractivity contribution < 1.29 is 4.79 Å². The maximum Gasteiger partial charge on any atom is 0.236 e. The second kappa shape index (κ2) is 11.0. The number of piperidine rings is 1. The largest absolute Gasteiger partial charge is 0.368 e. The van der Waals surface area contributed by atoms with Crippen LogP contribution in [0.3, 0.4) is 0 Å². The molecule has 0 aliphatic carbocycles. The minimum absolute atomic E-state index is 0. The van der Waals surface area contributed by atoms with E-state index in [2.05, 4.69) is 46.3 Å². The molecule has 26 heavy (non-hydrogen) atoms. The highest BCUT2D eigenvalue weighted by Crippen LogP contribution is 2.18. The Balaban J connectivity index is 0.00000169. The number of piperazine rings is 1. The molecule has 0 bridgehead atoms. The molecule has 5 nitrogen and oxygen atoms in total. The molecule has 0 saturated carbocycles. The average Bonchev–Trinajstić information content (AvgIpc) is 2.62. The molecule has 1 unspecified atom stereocenters. The first-order valence-corrected chi connectivity index (χ1v) is 9.15. The number of benzene rings is 1. The van der Waals surface area contributed by atoms with Gasteiger partial charge in [-0.2, -0.15) is 0 Å². The SMILES string of the molecule is CNC1CCCN(CC(=O)N2CCN(c3cccc(C)c3)CC2)C1.Cl.Cl. The number of aryl methyl sites for hydroxylation is 1. The van der Waals surface area contributed by atoms with E-state index in [9.17, 15) is 4.79 Å². The third-order valence-corrected chi connectivity index (χ3v) is 5.27. The van der Waals surface area contributed by atoms with Crippen molar-refractivity contribution >= 4 is 36.4 Å². The molecule has 7 heteroatoms. The molecule has 0 radical (unpaired) electrons. The molecule has 0 aromatic heterocycles. The lowest BCUT2D eigenvalue weighted by molar-refractivity contribution is -0.133. The standard InChI is InChI=1S/C19H30N4O.2ClH/c1-16-5-3-7-18(13-16)22-9-11-23(12-10-22)19(24)15-21-8-4-6-17(14-21)20-2;;/h3,5,7,13,17,20H,4,6,8-12,14-15H2,1-2H3;2*1H. The highest BCUT2D eigenvalue weighted by molar-refractivity contribution is 5.85. The van der Waals surface area contributed by atoms with Crippen LogP contribution >= 0.6 is 24.8 Å². The van der Waals surface area contributed by atoms with Crippen LogP contribution in [0.25, 0.3) is 0 Å². The second-order valence-corrected chi connectivity index (χ2v) is 7.07. The number of rotatable bonds is 4. The zero-order valence-corrected chi connectivity index (χ0v) is 17.5. The Morgan fingerprint density at radius 1 is 1.15 bits per heavy atom. The zero-order chi connectivity index (χ0) is 16.9. The Morgan fingerprint density at radius 2 is 1.88 bits per heavy atom. The summed E-state index contributed by atoms with van der Waals surface area (Å²) in [5.74, 6) is 0.288. The summed E-state index contributed by atoms with van der Waals surface area (Å²) in [6.45, 7) is 8.25. The first kappa shape index (κ1) is 23.0. The molecule has 1 amide bonds. The van der Waals surface area contributed by atoms with Crippen molar-refractivity contribution in [3.05, 3.63) is 29.8 Å². The van der Waals surface area contributed by atoms with E-state index in [4.69, 9.17) is 0 Å². The summed E-state index contributed by atoms with van der Waals surface area (Å²) in [5, 5.41) is 3.34. The molecule has 148 valence electrons. The molecule has 1 aromatic carbocycles. The minimum atomic E-state index is 0. The van der Waals surface area contributed by atoms with Crippen LogP contribution in [0.4, 0.5) is 5.69 Å². The van der Waals surface area contributed by atoms with Gasteiger partial charge in [-0.3, -0.25) is 9.69 Å². The minimum Gasteiger partial charge on any atom is -0.368 e. The van der Waals surface area contributed by atoms with Gasteiger partial charge in [0.15, 0.2) is 0 Å². The summed E-state index contributed by atoms with van der Waals surface area (Å²) in [5.41, 5.74) is 2.56. The van der Waals surface area contributed by atoms with Crippen molar-refractivity contribution in [1.82, 2.24) is 15.1 Å². The number of halogens is 2. The Bertz CT molecular complexity index is 564. The average molecular weight is 403 g/mol. The number of anilines is 1. The molecule has 2 fully saturated rings. The van der Waals surface area contributed by atoms with E-state index in [1.165, 1.54) is 24.1 Å². The quantitative estimate of drug-likeness (QED) is 0.837. The Morgan fingerprint density at radius 3 is 2.54 bits per heavy atom. The van der Waals surface area contributed by atoms with Gasteiger partial charge in [0, 0.05) is 44.5 Å². The third kappa shape index (κ3) is 6.02. The van der Waals surface area contributed by atoms with E-state index in [0.29, 0.717) is 12.6 Å². The van der Waals surface area contributed by atoms with E-state index in [1.807, 2.05) is 11.9 Å². The number of hydrogen-bond acceptors (Lipinski definition) is 4. The van der Waals surface area contributed by atoms with Gasteiger partial charge in [0.05, 0.1) is 6.54 Å². The maximum atomic E-state index is 12.6. The van der Waals surface area contributed by atoms with Crippen LogP contribution in [0.2, 0.25) is 0 Å². The lowest BCUT2D eigenvalue weighted by Gasteiger charge is -2.38. The van der Waals surface area contributed by atoms with Gasteiger partial charge < -0.3 is 15.1 Å².